The summed E-state index contributed by atoms with van der Waals surface area (Å²) in [5, 5.41) is 19.0. The third-order valence-corrected chi connectivity index (χ3v) is 9.09. The van der Waals surface area contributed by atoms with Crippen LogP contribution in [0.2, 0.25) is 0 Å². The first-order valence-corrected chi connectivity index (χ1v) is 11.2. The molecule has 0 aromatic heterocycles. The van der Waals surface area contributed by atoms with Gasteiger partial charge in [0.25, 0.3) is 0 Å². The van der Waals surface area contributed by atoms with Gasteiger partial charge in [-0.2, -0.15) is 5.26 Å². The molecule has 30 heavy (non-hydrogen) atoms. The zero-order valence-electron chi connectivity index (χ0n) is 17.9. The number of ether oxygens (including phenoxy) is 1. The Hall–Kier alpha value is -2.16. The normalized spacial score (nSPS) is 42.2. The Balaban J connectivity index is 1.58. The standard InChI is InChI=1S/C24H31NO5/c1-22-10-7-16(26)13-15(22)3-4-17-18(22)8-11-23(2)19(17)9-12-24(23,14-25)30-21(29)6-5-20(27)28/h13,17-19H,3-12H2,1-2H3,(H,27,28)/t17-,18+,19-,22+,23-,24+/m0/s1. The molecule has 6 nitrogen and oxygen atoms in total. The number of carboxylic acids is 1. The van der Waals surface area contributed by atoms with E-state index in [1.165, 1.54) is 5.57 Å². The van der Waals surface area contributed by atoms with E-state index >= 15 is 0 Å². The second-order valence-corrected chi connectivity index (χ2v) is 10.3. The molecule has 0 amide bonds. The third kappa shape index (κ3) is 3.01. The Bertz CT molecular complexity index is 856. The number of carbonyl (C=O) groups is 3. The number of fused-ring (bicyclic) bond motifs is 5. The summed E-state index contributed by atoms with van der Waals surface area (Å²) in [6, 6.07) is 2.36. The molecule has 0 saturated heterocycles. The van der Waals surface area contributed by atoms with E-state index in [4.69, 9.17) is 9.84 Å². The van der Waals surface area contributed by atoms with Crippen molar-refractivity contribution in [3.63, 3.8) is 0 Å². The monoisotopic (exact) mass is 413 g/mol. The number of hydrogen-bond donors (Lipinski definition) is 1. The van der Waals surface area contributed by atoms with Crippen LogP contribution < -0.4 is 0 Å². The number of ketones is 1. The molecule has 3 saturated carbocycles. The smallest absolute Gasteiger partial charge is 0.307 e. The number of carboxylic acid groups (broad SMARTS) is 1. The summed E-state index contributed by atoms with van der Waals surface area (Å²) in [6.07, 6.45) is 8.06. The molecule has 0 bridgehead atoms. The molecule has 3 fully saturated rings. The highest BCUT2D eigenvalue weighted by molar-refractivity contribution is 5.91. The maximum atomic E-state index is 12.4. The number of esters is 1. The van der Waals surface area contributed by atoms with Crippen molar-refractivity contribution in [1.29, 1.82) is 5.26 Å². The molecule has 0 heterocycles. The second kappa shape index (κ2) is 7.21. The number of hydrogen-bond acceptors (Lipinski definition) is 5. The molecular weight excluding hydrogens is 382 g/mol. The van der Waals surface area contributed by atoms with E-state index in [0.29, 0.717) is 30.6 Å². The fourth-order valence-corrected chi connectivity index (χ4v) is 7.39. The van der Waals surface area contributed by atoms with Gasteiger partial charge in [-0.05, 0) is 67.8 Å². The molecule has 0 aliphatic heterocycles. The second-order valence-electron chi connectivity index (χ2n) is 10.3. The van der Waals surface area contributed by atoms with Gasteiger partial charge in [0.15, 0.2) is 5.78 Å². The Kier molecular flexibility index (Phi) is 5.07. The van der Waals surface area contributed by atoms with E-state index in [-0.39, 0.29) is 24.0 Å². The molecule has 0 unspecified atom stereocenters. The van der Waals surface area contributed by atoms with Gasteiger partial charge < -0.3 is 9.84 Å². The van der Waals surface area contributed by atoms with E-state index in [2.05, 4.69) is 19.9 Å². The van der Waals surface area contributed by atoms with Crippen LogP contribution in [-0.2, 0) is 19.1 Å². The summed E-state index contributed by atoms with van der Waals surface area (Å²) < 4.78 is 5.78. The summed E-state index contributed by atoms with van der Waals surface area (Å²) in [5.74, 6) is -0.111. The van der Waals surface area contributed by atoms with E-state index in [1.54, 1.807) is 0 Å². The molecular formula is C24H31NO5. The maximum Gasteiger partial charge on any atom is 0.307 e. The maximum absolute atomic E-state index is 12.4. The van der Waals surface area contributed by atoms with Gasteiger partial charge in [-0.25, -0.2) is 0 Å². The van der Waals surface area contributed by atoms with Crippen molar-refractivity contribution >= 4 is 17.7 Å². The molecule has 4 rings (SSSR count). The molecule has 4 aliphatic rings. The molecule has 1 N–H and O–H groups in total. The average Bonchev–Trinajstić information content (AvgIpc) is 2.99. The predicted octanol–water partition coefficient (Wildman–Crippen LogP) is 4.19. The van der Waals surface area contributed by atoms with Crippen LogP contribution >= 0.6 is 0 Å². The molecule has 0 spiro atoms. The molecule has 0 aromatic carbocycles. The molecule has 162 valence electrons. The van der Waals surface area contributed by atoms with E-state index in [0.717, 1.165) is 38.5 Å². The van der Waals surface area contributed by atoms with Crippen molar-refractivity contribution in [3.8, 4) is 6.07 Å². The number of aliphatic carboxylic acids is 1. The van der Waals surface area contributed by atoms with Crippen LogP contribution in [0.25, 0.3) is 0 Å². The lowest BCUT2D eigenvalue weighted by atomic mass is 9.46. The number of allylic oxidation sites excluding steroid dienone is 1. The van der Waals surface area contributed by atoms with Crippen LogP contribution in [-0.4, -0.2) is 28.4 Å². The summed E-state index contributed by atoms with van der Waals surface area (Å²) in [6.45, 7) is 4.43. The lowest BCUT2D eigenvalue weighted by molar-refractivity contribution is -0.173. The number of rotatable bonds is 4. The number of nitriles is 1. The van der Waals surface area contributed by atoms with Gasteiger partial charge in [0.2, 0.25) is 5.60 Å². The van der Waals surface area contributed by atoms with Crippen molar-refractivity contribution in [1.82, 2.24) is 0 Å². The molecule has 0 aromatic rings. The molecule has 6 heteroatoms. The topological polar surface area (TPSA) is 104 Å². The van der Waals surface area contributed by atoms with Gasteiger partial charge in [0.05, 0.1) is 12.8 Å². The lowest BCUT2D eigenvalue weighted by Crippen LogP contribution is -2.55. The lowest BCUT2D eigenvalue weighted by Gasteiger charge is -2.58. The van der Waals surface area contributed by atoms with Crippen LogP contribution in [0.15, 0.2) is 11.6 Å². The van der Waals surface area contributed by atoms with E-state index in [9.17, 15) is 19.6 Å². The third-order valence-electron chi connectivity index (χ3n) is 9.09. The molecule has 4 aliphatic carbocycles. The largest absolute Gasteiger partial charge is 0.481 e. The minimum Gasteiger partial charge on any atom is -0.481 e. The van der Waals surface area contributed by atoms with Crippen LogP contribution in [0.5, 0.6) is 0 Å². The van der Waals surface area contributed by atoms with E-state index < -0.39 is 23.0 Å². The zero-order chi connectivity index (χ0) is 21.7. The number of nitrogens with zero attached hydrogens (tertiary/aromatic N) is 1. The minimum atomic E-state index is -1.17. The predicted molar refractivity (Wildman–Crippen MR) is 108 cm³/mol. The van der Waals surface area contributed by atoms with Crippen LogP contribution in [0, 0.1) is 39.9 Å². The van der Waals surface area contributed by atoms with Crippen molar-refractivity contribution in [3.05, 3.63) is 11.6 Å². The Morgan fingerprint density at radius 3 is 2.57 bits per heavy atom. The van der Waals surface area contributed by atoms with Gasteiger partial charge >= 0.3 is 11.9 Å². The fraction of sp³-hybridized carbons (Fsp3) is 0.750. The van der Waals surface area contributed by atoms with Crippen LogP contribution in [0.3, 0.4) is 0 Å². The zero-order valence-corrected chi connectivity index (χ0v) is 17.9. The SMILES string of the molecule is C[C@]12CC[C@@H]3[C@H](CCC4=CC(=O)CC[C@]43C)[C@@H]1CC[C@]2(C#N)OC(=O)CCC(=O)O. The van der Waals surface area contributed by atoms with Crippen molar-refractivity contribution in [2.75, 3.05) is 0 Å². The summed E-state index contributed by atoms with van der Waals surface area (Å²) in [5.41, 5.74) is -0.205. The van der Waals surface area contributed by atoms with Crippen LogP contribution in [0.4, 0.5) is 0 Å². The first-order chi connectivity index (χ1) is 14.1. The quantitative estimate of drug-likeness (QED) is 0.693. The summed E-state index contributed by atoms with van der Waals surface area (Å²) in [4.78, 5) is 35.1. The summed E-state index contributed by atoms with van der Waals surface area (Å²) >= 11 is 0. The first-order valence-electron chi connectivity index (χ1n) is 11.2. The number of carbonyl (C=O) groups excluding carboxylic acids is 2. The summed E-state index contributed by atoms with van der Waals surface area (Å²) in [7, 11) is 0. The van der Waals surface area contributed by atoms with Crippen molar-refractivity contribution in [2.24, 2.45) is 28.6 Å². The van der Waals surface area contributed by atoms with Crippen molar-refractivity contribution < 1.29 is 24.2 Å². The highest BCUT2D eigenvalue weighted by Gasteiger charge is 2.66. The van der Waals surface area contributed by atoms with Gasteiger partial charge in [-0.3, -0.25) is 14.4 Å². The Morgan fingerprint density at radius 1 is 1.13 bits per heavy atom. The molecule has 6 atom stereocenters. The van der Waals surface area contributed by atoms with Crippen molar-refractivity contribution in [2.45, 2.75) is 83.7 Å². The van der Waals surface area contributed by atoms with Gasteiger partial charge in [0, 0.05) is 18.3 Å². The van der Waals surface area contributed by atoms with E-state index in [1.807, 2.05) is 6.08 Å². The van der Waals surface area contributed by atoms with Gasteiger partial charge in [0.1, 0.15) is 6.07 Å². The van der Waals surface area contributed by atoms with Gasteiger partial charge in [-0.15, -0.1) is 0 Å². The Morgan fingerprint density at radius 2 is 1.87 bits per heavy atom. The highest BCUT2D eigenvalue weighted by Crippen LogP contribution is 2.68. The van der Waals surface area contributed by atoms with Gasteiger partial charge in [-0.1, -0.05) is 19.4 Å². The average molecular weight is 414 g/mol. The van der Waals surface area contributed by atoms with Crippen LogP contribution in [0.1, 0.15) is 78.1 Å². The highest BCUT2D eigenvalue weighted by atomic mass is 16.6. The molecule has 0 radical (unpaired) electrons. The Labute approximate surface area is 177 Å². The first kappa shape index (κ1) is 21.1. The fourth-order valence-electron chi connectivity index (χ4n) is 7.39. The minimum absolute atomic E-state index is 0.0637.